The Morgan fingerprint density at radius 1 is 1.47 bits per heavy atom. The first-order valence-corrected chi connectivity index (χ1v) is 7.22. The van der Waals surface area contributed by atoms with Crippen molar-refractivity contribution in [3.05, 3.63) is 24.2 Å². The predicted molar refractivity (Wildman–Crippen MR) is 72.5 cm³/mol. The monoisotopic (exact) mass is 265 g/mol. The van der Waals surface area contributed by atoms with E-state index in [0.29, 0.717) is 19.4 Å². The molecule has 4 nitrogen and oxygen atoms in total. The summed E-state index contributed by atoms with van der Waals surface area (Å²) in [5, 5.41) is 12.7. The number of hydrogen-bond acceptors (Lipinski definition) is 3. The zero-order valence-corrected chi connectivity index (χ0v) is 11.3. The minimum atomic E-state index is -0.561. The third-order valence-electron chi connectivity index (χ3n) is 3.92. The summed E-state index contributed by atoms with van der Waals surface area (Å²) in [6.45, 7) is 0.510. The van der Waals surface area contributed by atoms with Crippen molar-refractivity contribution in [1.82, 2.24) is 5.32 Å². The number of carbonyl (C=O) groups is 1. The van der Waals surface area contributed by atoms with Gasteiger partial charge in [0.2, 0.25) is 5.91 Å². The quantitative estimate of drug-likeness (QED) is 0.797. The van der Waals surface area contributed by atoms with Crippen molar-refractivity contribution < 1.29 is 14.3 Å². The van der Waals surface area contributed by atoms with Crippen LogP contribution in [-0.4, -0.2) is 17.6 Å². The molecule has 0 saturated heterocycles. The van der Waals surface area contributed by atoms with Gasteiger partial charge in [0, 0.05) is 18.5 Å². The standard InChI is InChI=1S/C15H23NO3/c17-14(13-8-10-19-11-13)7-9-16-15(18)6-5-12-3-1-2-4-12/h8,10-12,14,17H,1-7,9H2,(H,16,18). The van der Waals surface area contributed by atoms with E-state index in [4.69, 9.17) is 4.42 Å². The lowest BCUT2D eigenvalue weighted by Gasteiger charge is -2.11. The SMILES string of the molecule is O=C(CCC1CCCC1)NCCC(O)c1ccoc1. The van der Waals surface area contributed by atoms with Crippen LogP contribution in [0.15, 0.2) is 23.0 Å². The molecular formula is C15H23NO3. The van der Waals surface area contributed by atoms with Crippen molar-refractivity contribution >= 4 is 5.91 Å². The number of aliphatic hydroxyl groups excluding tert-OH is 1. The van der Waals surface area contributed by atoms with Gasteiger partial charge in [-0.25, -0.2) is 0 Å². The van der Waals surface area contributed by atoms with Crippen LogP contribution in [0.25, 0.3) is 0 Å². The van der Waals surface area contributed by atoms with Crippen LogP contribution in [-0.2, 0) is 4.79 Å². The molecule has 0 aromatic carbocycles. The smallest absolute Gasteiger partial charge is 0.220 e. The first-order chi connectivity index (χ1) is 9.25. The largest absolute Gasteiger partial charge is 0.472 e. The van der Waals surface area contributed by atoms with Gasteiger partial charge in [0.15, 0.2) is 0 Å². The Labute approximate surface area is 114 Å². The zero-order valence-electron chi connectivity index (χ0n) is 11.3. The summed E-state index contributed by atoms with van der Waals surface area (Å²) in [6.07, 6.45) is 9.88. The molecule has 1 aromatic rings. The van der Waals surface area contributed by atoms with Gasteiger partial charge in [-0.15, -0.1) is 0 Å². The molecule has 0 spiro atoms. The van der Waals surface area contributed by atoms with Crippen LogP contribution in [0.4, 0.5) is 0 Å². The van der Waals surface area contributed by atoms with Crippen molar-refractivity contribution in [3.63, 3.8) is 0 Å². The molecule has 1 heterocycles. The van der Waals surface area contributed by atoms with E-state index in [-0.39, 0.29) is 5.91 Å². The number of rotatable bonds is 7. The number of nitrogens with one attached hydrogen (secondary N) is 1. The molecule has 0 bridgehead atoms. The third kappa shape index (κ3) is 4.71. The predicted octanol–water partition coefficient (Wildman–Crippen LogP) is 2.79. The molecule has 1 unspecified atom stereocenters. The fourth-order valence-corrected chi connectivity index (χ4v) is 2.70. The Kier molecular flexibility index (Phi) is 5.45. The minimum absolute atomic E-state index is 0.103. The molecule has 1 fully saturated rings. The third-order valence-corrected chi connectivity index (χ3v) is 3.92. The molecule has 4 heteroatoms. The van der Waals surface area contributed by atoms with E-state index in [0.717, 1.165) is 17.9 Å². The van der Waals surface area contributed by atoms with Crippen molar-refractivity contribution in [3.8, 4) is 0 Å². The summed E-state index contributed by atoms with van der Waals surface area (Å²) in [4.78, 5) is 11.7. The molecule has 1 aromatic heterocycles. The number of furan rings is 1. The first kappa shape index (κ1) is 14.1. The molecule has 1 aliphatic carbocycles. The van der Waals surface area contributed by atoms with Gasteiger partial charge in [0.05, 0.1) is 18.6 Å². The molecular weight excluding hydrogens is 242 g/mol. The first-order valence-electron chi connectivity index (χ1n) is 7.22. The summed E-state index contributed by atoms with van der Waals surface area (Å²) in [5.74, 6) is 0.855. The van der Waals surface area contributed by atoms with E-state index < -0.39 is 6.10 Å². The average molecular weight is 265 g/mol. The molecule has 2 rings (SSSR count). The second-order valence-electron chi connectivity index (χ2n) is 5.40. The summed E-state index contributed by atoms with van der Waals surface area (Å²) in [6, 6.07) is 1.74. The second kappa shape index (κ2) is 7.34. The number of amides is 1. The molecule has 1 saturated carbocycles. The van der Waals surface area contributed by atoms with Crippen LogP contribution < -0.4 is 5.32 Å². The van der Waals surface area contributed by atoms with Gasteiger partial charge in [-0.2, -0.15) is 0 Å². The lowest BCUT2D eigenvalue weighted by molar-refractivity contribution is -0.121. The van der Waals surface area contributed by atoms with Crippen LogP contribution in [0, 0.1) is 5.92 Å². The fourth-order valence-electron chi connectivity index (χ4n) is 2.70. The van der Waals surface area contributed by atoms with Crippen molar-refractivity contribution in [2.24, 2.45) is 5.92 Å². The molecule has 1 amide bonds. The summed E-state index contributed by atoms with van der Waals surface area (Å²) in [7, 11) is 0. The fraction of sp³-hybridized carbons (Fsp3) is 0.667. The summed E-state index contributed by atoms with van der Waals surface area (Å²) < 4.78 is 4.91. The number of carbonyl (C=O) groups excluding carboxylic acids is 1. The molecule has 0 aliphatic heterocycles. The highest BCUT2D eigenvalue weighted by molar-refractivity contribution is 5.75. The lowest BCUT2D eigenvalue weighted by Crippen LogP contribution is -2.25. The maximum absolute atomic E-state index is 11.7. The van der Waals surface area contributed by atoms with E-state index in [1.165, 1.54) is 31.9 Å². The molecule has 1 atom stereocenters. The van der Waals surface area contributed by atoms with Gasteiger partial charge in [-0.05, 0) is 24.8 Å². The van der Waals surface area contributed by atoms with Gasteiger partial charge in [-0.3, -0.25) is 4.79 Å². The van der Waals surface area contributed by atoms with Crippen molar-refractivity contribution in [2.75, 3.05) is 6.54 Å². The van der Waals surface area contributed by atoms with E-state index in [2.05, 4.69) is 5.32 Å². The van der Waals surface area contributed by atoms with Crippen LogP contribution in [0.1, 0.15) is 56.6 Å². The van der Waals surface area contributed by atoms with E-state index >= 15 is 0 Å². The Morgan fingerprint density at radius 3 is 2.95 bits per heavy atom. The van der Waals surface area contributed by atoms with Gasteiger partial charge >= 0.3 is 0 Å². The molecule has 106 valence electrons. The summed E-state index contributed by atoms with van der Waals surface area (Å²) >= 11 is 0. The van der Waals surface area contributed by atoms with Crippen LogP contribution in [0.3, 0.4) is 0 Å². The van der Waals surface area contributed by atoms with Gasteiger partial charge < -0.3 is 14.8 Å². The molecule has 2 N–H and O–H groups in total. The zero-order chi connectivity index (χ0) is 13.5. The Morgan fingerprint density at radius 2 is 2.26 bits per heavy atom. The number of hydrogen-bond donors (Lipinski definition) is 2. The average Bonchev–Trinajstić information content (AvgIpc) is 3.09. The highest BCUT2D eigenvalue weighted by Crippen LogP contribution is 2.28. The van der Waals surface area contributed by atoms with E-state index in [1.807, 2.05) is 0 Å². The Hall–Kier alpha value is -1.29. The van der Waals surface area contributed by atoms with Crippen molar-refractivity contribution in [2.45, 2.75) is 51.0 Å². The van der Waals surface area contributed by atoms with Crippen LogP contribution in [0.2, 0.25) is 0 Å². The normalized spacial score (nSPS) is 17.5. The van der Waals surface area contributed by atoms with Crippen LogP contribution in [0.5, 0.6) is 0 Å². The highest BCUT2D eigenvalue weighted by Gasteiger charge is 2.16. The van der Waals surface area contributed by atoms with Gasteiger partial charge in [0.25, 0.3) is 0 Å². The maximum atomic E-state index is 11.7. The lowest BCUT2D eigenvalue weighted by atomic mass is 10.0. The number of aliphatic hydroxyl groups is 1. The van der Waals surface area contributed by atoms with Crippen LogP contribution >= 0.6 is 0 Å². The Balaban J connectivity index is 1.56. The highest BCUT2D eigenvalue weighted by atomic mass is 16.3. The Bertz CT molecular complexity index is 369. The molecule has 0 radical (unpaired) electrons. The van der Waals surface area contributed by atoms with E-state index in [9.17, 15) is 9.90 Å². The topological polar surface area (TPSA) is 62.5 Å². The minimum Gasteiger partial charge on any atom is -0.472 e. The molecule has 1 aliphatic rings. The van der Waals surface area contributed by atoms with Crippen molar-refractivity contribution in [1.29, 1.82) is 0 Å². The summed E-state index contributed by atoms with van der Waals surface area (Å²) in [5.41, 5.74) is 0.764. The second-order valence-corrected chi connectivity index (χ2v) is 5.40. The van der Waals surface area contributed by atoms with E-state index in [1.54, 1.807) is 12.3 Å². The van der Waals surface area contributed by atoms with Gasteiger partial charge in [0.1, 0.15) is 0 Å². The van der Waals surface area contributed by atoms with Gasteiger partial charge in [-0.1, -0.05) is 25.7 Å². The molecule has 19 heavy (non-hydrogen) atoms. The maximum Gasteiger partial charge on any atom is 0.220 e.